The summed E-state index contributed by atoms with van der Waals surface area (Å²) in [5.41, 5.74) is 0.317. The SMILES string of the molecule is O=[N+]([O-])C1=CCC=CC1. The molecule has 0 atom stereocenters. The van der Waals surface area contributed by atoms with Crippen LogP contribution in [0.1, 0.15) is 12.8 Å². The third kappa shape index (κ3) is 1.38. The van der Waals surface area contributed by atoms with Gasteiger partial charge in [0.1, 0.15) is 0 Å². The van der Waals surface area contributed by atoms with E-state index in [1.807, 2.05) is 12.2 Å². The highest BCUT2D eigenvalue weighted by Gasteiger charge is 2.08. The second-order valence-corrected chi connectivity index (χ2v) is 1.86. The van der Waals surface area contributed by atoms with E-state index in [1.54, 1.807) is 6.08 Å². The summed E-state index contributed by atoms with van der Waals surface area (Å²) >= 11 is 0. The Morgan fingerprint density at radius 3 is 2.67 bits per heavy atom. The topological polar surface area (TPSA) is 43.1 Å². The van der Waals surface area contributed by atoms with Crippen LogP contribution in [-0.2, 0) is 0 Å². The molecule has 0 saturated carbocycles. The van der Waals surface area contributed by atoms with Crippen LogP contribution in [0.5, 0.6) is 0 Å². The molecule has 1 rings (SSSR count). The second-order valence-electron chi connectivity index (χ2n) is 1.86. The quantitative estimate of drug-likeness (QED) is 0.303. The first kappa shape index (κ1) is 6.01. The second kappa shape index (κ2) is 2.44. The summed E-state index contributed by atoms with van der Waals surface area (Å²) in [6.07, 6.45) is 6.56. The molecule has 1 aliphatic rings. The van der Waals surface area contributed by atoms with Crippen LogP contribution >= 0.6 is 0 Å². The number of rotatable bonds is 1. The van der Waals surface area contributed by atoms with Crippen molar-refractivity contribution in [1.82, 2.24) is 0 Å². The number of allylic oxidation sites excluding steroid dienone is 3. The molecule has 0 aromatic rings. The molecule has 0 amide bonds. The number of nitro groups is 1. The van der Waals surface area contributed by atoms with Crippen LogP contribution < -0.4 is 0 Å². The van der Waals surface area contributed by atoms with Crippen LogP contribution in [0.2, 0.25) is 0 Å². The van der Waals surface area contributed by atoms with Gasteiger partial charge in [-0.25, -0.2) is 0 Å². The summed E-state index contributed by atoms with van der Waals surface area (Å²) in [6.45, 7) is 0. The van der Waals surface area contributed by atoms with Gasteiger partial charge in [0.2, 0.25) is 5.70 Å². The molecular weight excluding hydrogens is 118 g/mol. The van der Waals surface area contributed by atoms with Crippen molar-refractivity contribution in [1.29, 1.82) is 0 Å². The first-order valence-electron chi connectivity index (χ1n) is 2.79. The number of nitrogens with zero attached hydrogens (tertiary/aromatic N) is 1. The molecular formula is C6H7NO2. The van der Waals surface area contributed by atoms with E-state index in [2.05, 4.69) is 0 Å². The molecule has 0 radical (unpaired) electrons. The van der Waals surface area contributed by atoms with Crippen LogP contribution in [-0.4, -0.2) is 4.92 Å². The van der Waals surface area contributed by atoms with Gasteiger partial charge in [-0.2, -0.15) is 0 Å². The van der Waals surface area contributed by atoms with E-state index >= 15 is 0 Å². The Labute approximate surface area is 52.8 Å². The fourth-order valence-corrected chi connectivity index (χ4v) is 0.737. The number of hydrogen-bond acceptors (Lipinski definition) is 2. The highest BCUT2D eigenvalue weighted by atomic mass is 16.6. The van der Waals surface area contributed by atoms with E-state index in [0.29, 0.717) is 18.5 Å². The maximum atomic E-state index is 10.1. The molecule has 0 fully saturated rings. The Bertz CT molecular complexity index is 181. The summed E-state index contributed by atoms with van der Waals surface area (Å²) in [4.78, 5) is 9.73. The maximum Gasteiger partial charge on any atom is 0.246 e. The predicted molar refractivity (Wildman–Crippen MR) is 33.5 cm³/mol. The average Bonchev–Trinajstić information content (AvgIpc) is 1.90. The van der Waals surface area contributed by atoms with Crippen molar-refractivity contribution < 1.29 is 4.92 Å². The van der Waals surface area contributed by atoms with Crippen LogP contribution in [0.4, 0.5) is 0 Å². The van der Waals surface area contributed by atoms with Gasteiger partial charge in [0.25, 0.3) is 0 Å². The van der Waals surface area contributed by atoms with E-state index in [0.717, 1.165) is 0 Å². The average molecular weight is 125 g/mol. The molecule has 0 spiro atoms. The zero-order valence-electron chi connectivity index (χ0n) is 4.91. The van der Waals surface area contributed by atoms with Crippen molar-refractivity contribution in [3.05, 3.63) is 34.0 Å². The maximum absolute atomic E-state index is 10.1. The predicted octanol–water partition coefficient (Wildman–Crippen LogP) is 1.50. The lowest BCUT2D eigenvalue weighted by molar-refractivity contribution is -0.427. The fourth-order valence-electron chi connectivity index (χ4n) is 0.737. The lowest BCUT2D eigenvalue weighted by Crippen LogP contribution is -1.98. The summed E-state index contributed by atoms with van der Waals surface area (Å²) in [5, 5.41) is 10.1. The Balaban J connectivity index is 2.61. The van der Waals surface area contributed by atoms with Gasteiger partial charge in [-0.3, -0.25) is 10.1 Å². The van der Waals surface area contributed by atoms with E-state index in [4.69, 9.17) is 0 Å². The van der Waals surface area contributed by atoms with Gasteiger partial charge in [-0.1, -0.05) is 12.2 Å². The molecule has 0 bridgehead atoms. The first-order chi connectivity index (χ1) is 4.30. The Kier molecular flexibility index (Phi) is 1.63. The summed E-state index contributed by atoms with van der Waals surface area (Å²) in [5.74, 6) is 0. The monoisotopic (exact) mass is 125 g/mol. The largest absolute Gasteiger partial charge is 0.259 e. The van der Waals surface area contributed by atoms with Crippen molar-refractivity contribution in [2.24, 2.45) is 0 Å². The Hall–Kier alpha value is -1.12. The van der Waals surface area contributed by atoms with Crippen molar-refractivity contribution in [2.75, 3.05) is 0 Å². The summed E-state index contributed by atoms with van der Waals surface area (Å²) < 4.78 is 0. The molecule has 0 unspecified atom stereocenters. The third-order valence-corrected chi connectivity index (χ3v) is 1.22. The van der Waals surface area contributed by atoms with Crippen molar-refractivity contribution in [2.45, 2.75) is 12.8 Å². The fraction of sp³-hybridized carbons (Fsp3) is 0.333. The van der Waals surface area contributed by atoms with E-state index in [-0.39, 0.29) is 4.92 Å². The highest BCUT2D eigenvalue weighted by Crippen LogP contribution is 2.09. The van der Waals surface area contributed by atoms with Crippen molar-refractivity contribution in [3.63, 3.8) is 0 Å². The van der Waals surface area contributed by atoms with Gasteiger partial charge >= 0.3 is 0 Å². The van der Waals surface area contributed by atoms with Crippen LogP contribution in [0, 0.1) is 10.1 Å². The van der Waals surface area contributed by atoms with Gasteiger partial charge < -0.3 is 0 Å². The van der Waals surface area contributed by atoms with Crippen LogP contribution in [0.25, 0.3) is 0 Å². The van der Waals surface area contributed by atoms with E-state index in [1.165, 1.54) is 0 Å². The molecule has 0 N–H and O–H groups in total. The minimum Gasteiger partial charge on any atom is -0.259 e. The molecule has 1 aliphatic carbocycles. The van der Waals surface area contributed by atoms with E-state index in [9.17, 15) is 10.1 Å². The zero-order valence-corrected chi connectivity index (χ0v) is 4.91. The molecule has 0 aromatic heterocycles. The standard InChI is InChI=1S/C6H7NO2/c8-7(9)6-4-2-1-3-5-6/h1-2,5H,3-4H2. The molecule has 0 aliphatic heterocycles. The van der Waals surface area contributed by atoms with Crippen molar-refractivity contribution >= 4 is 0 Å². The summed E-state index contributed by atoms with van der Waals surface area (Å²) in [7, 11) is 0. The highest BCUT2D eigenvalue weighted by molar-refractivity contribution is 5.08. The smallest absolute Gasteiger partial charge is 0.246 e. The van der Waals surface area contributed by atoms with Gasteiger partial charge in [0.15, 0.2) is 0 Å². The molecule has 0 heterocycles. The van der Waals surface area contributed by atoms with Gasteiger partial charge in [-0.05, 0) is 12.5 Å². The molecule has 3 nitrogen and oxygen atoms in total. The lowest BCUT2D eigenvalue weighted by Gasteiger charge is -1.96. The minimum atomic E-state index is -0.330. The van der Waals surface area contributed by atoms with Gasteiger partial charge in [-0.15, -0.1) is 0 Å². The normalized spacial score (nSPS) is 17.1. The zero-order chi connectivity index (χ0) is 6.69. The Morgan fingerprint density at radius 2 is 2.33 bits per heavy atom. The molecule has 3 heteroatoms. The van der Waals surface area contributed by atoms with Crippen molar-refractivity contribution in [3.8, 4) is 0 Å². The lowest BCUT2D eigenvalue weighted by atomic mass is 10.2. The van der Waals surface area contributed by atoms with Crippen LogP contribution in [0.3, 0.4) is 0 Å². The number of hydrogen-bond donors (Lipinski definition) is 0. The minimum absolute atomic E-state index is 0.317. The molecule has 0 saturated heterocycles. The first-order valence-corrected chi connectivity index (χ1v) is 2.79. The van der Waals surface area contributed by atoms with Gasteiger partial charge in [0.05, 0.1) is 11.3 Å². The van der Waals surface area contributed by atoms with Crippen LogP contribution in [0.15, 0.2) is 23.9 Å². The molecule has 9 heavy (non-hydrogen) atoms. The van der Waals surface area contributed by atoms with Gasteiger partial charge in [0, 0.05) is 0 Å². The van der Waals surface area contributed by atoms with E-state index < -0.39 is 0 Å². The summed E-state index contributed by atoms with van der Waals surface area (Å²) in [6, 6.07) is 0. The molecule has 0 aromatic carbocycles. The molecule has 48 valence electrons. The third-order valence-electron chi connectivity index (χ3n) is 1.22. The Morgan fingerprint density at radius 1 is 1.56 bits per heavy atom.